The van der Waals surface area contributed by atoms with Crippen LogP contribution in [0, 0.1) is 10.1 Å². The number of hydrogen-bond acceptors (Lipinski definition) is 4. The molecule has 124 valence electrons. The van der Waals surface area contributed by atoms with Crippen LogP contribution in [0.2, 0.25) is 5.02 Å². The largest absolute Gasteiger partial charge is 0.340 e. The molecular weight excluding hydrogens is 334 g/mol. The predicted molar refractivity (Wildman–Crippen MR) is 90.1 cm³/mol. The van der Waals surface area contributed by atoms with Gasteiger partial charge in [-0.25, -0.2) is 0 Å². The first-order chi connectivity index (χ1) is 11.4. The lowest BCUT2D eigenvalue weighted by molar-refractivity contribution is -0.384. The van der Waals surface area contributed by atoms with Crippen molar-refractivity contribution in [3.05, 3.63) is 69.2 Å². The van der Waals surface area contributed by atoms with Gasteiger partial charge in [0.2, 0.25) is 5.91 Å². The van der Waals surface area contributed by atoms with Gasteiger partial charge in [0.25, 0.3) is 11.6 Å². The summed E-state index contributed by atoms with van der Waals surface area (Å²) in [6, 6.07) is 11.5. The average Bonchev–Trinajstić information content (AvgIpc) is 2.55. The van der Waals surface area contributed by atoms with Crippen molar-refractivity contribution in [2.75, 3.05) is 5.32 Å². The molecule has 2 N–H and O–H groups in total. The zero-order chi connectivity index (χ0) is 17.7. The summed E-state index contributed by atoms with van der Waals surface area (Å²) in [4.78, 5) is 34.3. The maximum atomic E-state index is 12.2. The minimum Gasteiger partial charge on any atom is -0.340 e. The van der Waals surface area contributed by atoms with Gasteiger partial charge in [0.1, 0.15) is 6.04 Å². The molecule has 0 saturated carbocycles. The van der Waals surface area contributed by atoms with E-state index in [1.165, 1.54) is 19.1 Å². The maximum absolute atomic E-state index is 12.2. The normalized spacial score (nSPS) is 11.4. The number of hydrogen-bond donors (Lipinski definition) is 2. The van der Waals surface area contributed by atoms with E-state index in [1.807, 2.05) is 6.07 Å². The molecule has 1 unspecified atom stereocenters. The molecule has 8 heteroatoms. The van der Waals surface area contributed by atoms with Gasteiger partial charge in [0, 0.05) is 17.8 Å². The SMILES string of the molecule is CC(NC(=O)c1ccc([N+](=O)[O-])cc1Cl)C(=O)Nc1ccccc1. The number of carbonyl (C=O) groups is 2. The fraction of sp³-hybridized carbons (Fsp3) is 0.125. The first kappa shape index (κ1) is 17.4. The van der Waals surface area contributed by atoms with Gasteiger partial charge in [-0.2, -0.15) is 0 Å². The van der Waals surface area contributed by atoms with E-state index < -0.39 is 22.8 Å². The molecule has 0 heterocycles. The zero-order valence-electron chi connectivity index (χ0n) is 12.7. The average molecular weight is 348 g/mol. The van der Waals surface area contributed by atoms with Gasteiger partial charge < -0.3 is 10.6 Å². The summed E-state index contributed by atoms with van der Waals surface area (Å²) in [5, 5.41) is 15.8. The van der Waals surface area contributed by atoms with E-state index in [1.54, 1.807) is 24.3 Å². The van der Waals surface area contributed by atoms with Gasteiger partial charge in [-0.3, -0.25) is 19.7 Å². The highest BCUT2D eigenvalue weighted by Gasteiger charge is 2.20. The molecule has 0 aromatic heterocycles. The van der Waals surface area contributed by atoms with Crippen molar-refractivity contribution in [3.63, 3.8) is 0 Å². The second-order valence-corrected chi connectivity index (χ2v) is 5.38. The summed E-state index contributed by atoms with van der Waals surface area (Å²) >= 11 is 5.90. The molecule has 0 fully saturated rings. The lowest BCUT2D eigenvalue weighted by Crippen LogP contribution is -2.41. The highest BCUT2D eigenvalue weighted by molar-refractivity contribution is 6.34. The molecule has 0 aliphatic rings. The summed E-state index contributed by atoms with van der Waals surface area (Å²) in [7, 11) is 0. The van der Waals surface area contributed by atoms with Crippen molar-refractivity contribution in [2.24, 2.45) is 0 Å². The quantitative estimate of drug-likeness (QED) is 0.641. The topological polar surface area (TPSA) is 101 Å². The summed E-state index contributed by atoms with van der Waals surface area (Å²) in [5.74, 6) is -0.988. The molecule has 0 radical (unpaired) electrons. The van der Waals surface area contributed by atoms with E-state index in [2.05, 4.69) is 10.6 Å². The Balaban J connectivity index is 2.03. The zero-order valence-corrected chi connectivity index (χ0v) is 13.4. The molecule has 0 aliphatic carbocycles. The Hall–Kier alpha value is -2.93. The molecule has 2 rings (SSSR count). The van der Waals surface area contributed by atoms with Crippen molar-refractivity contribution in [2.45, 2.75) is 13.0 Å². The summed E-state index contributed by atoms with van der Waals surface area (Å²) in [6.07, 6.45) is 0. The van der Waals surface area contributed by atoms with Crippen LogP contribution in [-0.4, -0.2) is 22.8 Å². The van der Waals surface area contributed by atoms with E-state index in [9.17, 15) is 19.7 Å². The number of halogens is 1. The lowest BCUT2D eigenvalue weighted by atomic mass is 10.1. The Labute approximate surface area is 142 Å². The van der Waals surface area contributed by atoms with Crippen molar-refractivity contribution in [1.82, 2.24) is 5.32 Å². The molecule has 2 aromatic carbocycles. The van der Waals surface area contributed by atoms with E-state index in [0.717, 1.165) is 6.07 Å². The third kappa shape index (κ3) is 4.30. The van der Waals surface area contributed by atoms with E-state index >= 15 is 0 Å². The van der Waals surface area contributed by atoms with Gasteiger partial charge >= 0.3 is 0 Å². The number of nitro benzene ring substituents is 1. The van der Waals surface area contributed by atoms with E-state index in [-0.39, 0.29) is 16.3 Å². The number of non-ortho nitro benzene ring substituents is 1. The first-order valence-corrected chi connectivity index (χ1v) is 7.37. The smallest absolute Gasteiger partial charge is 0.270 e. The third-order valence-electron chi connectivity index (χ3n) is 3.19. The Morgan fingerprint density at radius 2 is 1.83 bits per heavy atom. The number of para-hydroxylation sites is 1. The Bertz CT molecular complexity index is 780. The summed E-state index contributed by atoms with van der Waals surface area (Å²) in [6.45, 7) is 1.52. The lowest BCUT2D eigenvalue weighted by Gasteiger charge is -2.14. The van der Waals surface area contributed by atoms with Crippen LogP contribution in [0.5, 0.6) is 0 Å². The van der Waals surface area contributed by atoms with Crippen LogP contribution < -0.4 is 10.6 Å². The van der Waals surface area contributed by atoms with Gasteiger partial charge in [0.15, 0.2) is 0 Å². The number of nitro groups is 1. The Morgan fingerprint density at radius 1 is 1.17 bits per heavy atom. The van der Waals surface area contributed by atoms with E-state index in [0.29, 0.717) is 5.69 Å². The fourth-order valence-electron chi connectivity index (χ4n) is 1.91. The molecule has 1 atom stereocenters. The first-order valence-electron chi connectivity index (χ1n) is 6.99. The van der Waals surface area contributed by atoms with Crippen molar-refractivity contribution >= 4 is 34.8 Å². The van der Waals surface area contributed by atoms with E-state index in [4.69, 9.17) is 11.6 Å². The second kappa shape index (κ2) is 7.56. The molecular formula is C16H14ClN3O4. The highest BCUT2D eigenvalue weighted by atomic mass is 35.5. The van der Waals surface area contributed by atoms with Gasteiger partial charge in [-0.1, -0.05) is 29.8 Å². The summed E-state index contributed by atoms with van der Waals surface area (Å²) in [5.41, 5.74) is 0.449. The number of anilines is 1. The monoisotopic (exact) mass is 347 g/mol. The predicted octanol–water partition coefficient (Wildman–Crippen LogP) is 3.01. The van der Waals surface area contributed by atoms with Crippen LogP contribution in [0.15, 0.2) is 48.5 Å². The number of amides is 2. The fourth-order valence-corrected chi connectivity index (χ4v) is 2.17. The van der Waals surface area contributed by atoms with Crippen LogP contribution in [0.25, 0.3) is 0 Å². The van der Waals surface area contributed by atoms with Crippen LogP contribution in [0.1, 0.15) is 17.3 Å². The summed E-state index contributed by atoms with van der Waals surface area (Å²) < 4.78 is 0. The minimum absolute atomic E-state index is 0.0571. The standard InChI is InChI=1S/C16H14ClN3O4/c1-10(15(21)19-11-5-3-2-4-6-11)18-16(22)13-8-7-12(20(23)24)9-14(13)17/h2-10H,1H3,(H,18,22)(H,19,21). The second-order valence-electron chi connectivity index (χ2n) is 4.97. The van der Waals surface area contributed by atoms with Crippen LogP contribution >= 0.6 is 11.6 Å². The third-order valence-corrected chi connectivity index (χ3v) is 3.50. The molecule has 0 bridgehead atoms. The van der Waals surface area contributed by atoms with Gasteiger partial charge in [-0.05, 0) is 25.1 Å². The molecule has 0 aliphatic heterocycles. The van der Waals surface area contributed by atoms with Crippen molar-refractivity contribution < 1.29 is 14.5 Å². The molecule has 0 spiro atoms. The highest BCUT2D eigenvalue weighted by Crippen LogP contribution is 2.22. The number of nitrogens with zero attached hydrogens (tertiary/aromatic N) is 1. The van der Waals surface area contributed by atoms with Gasteiger partial charge in [-0.15, -0.1) is 0 Å². The molecule has 2 aromatic rings. The van der Waals surface area contributed by atoms with Gasteiger partial charge in [0.05, 0.1) is 15.5 Å². The van der Waals surface area contributed by atoms with Crippen molar-refractivity contribution in [1.29, 1.82) is 0 Å². The minimum atomic E-state index is -0.816. The molecule has 2 amide bonds. The Kier molecular flexibility index (Phi) is 5.49. The number of benzene rings is 2. The van der Waals surface area contributed by atoms with Crippen LogP contribution in [0.3, 0.4) is 0 Å². The van der Waals surface area contributed by atoms with Crippen LogP contribution in [-0.2, 0) is 4.79 Å². The van der Waals surface area contributed by atoms with Crippen LogP contribution in [0.4, 0.5) is 11.4 Å². The number of carbonyl (C=O) groups excluding carboxylic acids is 2. The number of nitrogens with one attached hydrogen (secondary N) is 2. The molecule has 0 saturated heterocycles. The maximum Gasteiger partial charge on any atom is 0.270 e. The molecule has 7 nitrogen and oxygen atoms in total. The Morgan fingerprint density at radius 3 is 2.42 bits per heavy atom. The number of rotatable bonds is 5. The molecule has 24 heavy (non-hydrogen) atoms. The van der Waals surface area contributed by atoms with Crippen molar-refractivity contribution in [3.8, 4) is 0 Å².